The molecule has 1 saturated carbocycles. The lowest BCUT2D eigenvalue weighted by molar-refractivity contribution is 0.508. The van der Waals surface area contributed by atoms with Crippen molar-refractivity contribution in [2.75, 3.05) is 11.1 Å². The molecule has 1 aromatic carbocycles. The van der Waals surface area contributed by atoms with Crippen LogP contribution in [0.5, 0.6) is 0 Å². The molecule has 4 aromatic heterocycles. The van der Waals surface area contributed by atoms with Crippen LogP contribution < -0.4 is 16.6 Å². The number of nitrogens with zero attached hydrogens (tertiary/aromatic N) is 6. The Morgan fingerprint density at radius 3 is 2.89 bits per heavy atom. The number of benzene rings is 1. The second-order valence-corrected chi connectivity index (χ2v) is 8.82. The predicted molar refractivity (Wildman–Crippen MR) is 130 cm³/mol. The standard InChI is InChI=1S/C23H20ClN9O2/c1-11(29-20-18(19(25)26-10-27-20)22-32-31-21(35-22)12-5-6-12)15-9-13-3-2-4-14(24)17(13)23(34)33(15)16-7-8-28-30-16/h2-4,7-12H,5-6H2,1H3,(H,28,30)(H3,25,26,27,29)/t11-/m0/s1. The minimum absolute atomic E-state index is 0.204. The van der Waals surface area contributed by atoms with E-state index in [2.05, 4.69) is 35.7 Å². The van der Waals surface area contributed by atoms with Gasteiger partial charge in [-0.15, -0.1) is 10.2 Å². The first-order chi connectivity index (χ1) is 17.0. The second kappa shape index (κ2) is 8.20. The van der Waals surface area contributed by atoms with Gasteiger partial charge in [-0.05, 0) is 37.3 Å². The maximum absolute atomic E-state index is 13.6. The number of hydrogen-bond donors (Lipinski definition) is 3. The second-order valence-electron chi connectivity index (χ2n) is 8.41. The number of hydrogen-bond acceptors (Lipinski definition) is 9. The third kappa shape index (κ3) is 3.69. The smallest absolute Gasteiger partial charge is 0.266 e. The molecule has 6 rings (SSSR count). The summed E-state index contributed by atoms with van der Waals surface area (Å²) in [5.41, 5.74) is 6.96. The zero-order valence-corrected chi connectivity index (χ0v) is 19.3. The van der Waals surface area contributed by atoms with Gasteiger partial charge in [-0.2, -0.15) is 5.10 Å². The lowest BCUT2D eigenvalue weighted by atomic mass is 10.1. The highest BCUT2D eigenvalue weighted by atomic mass is 35.5. The van der Waals surface area contributed by atoms with Crippen LogP contribution in [-0.2, 0) is 0 Å². The van der Waals surface area contributed by atoms with Crippen LogP contribution in [-0.4, -0.2) is 34.9 Å². The van der Waals surface area contributed by atoms with Crippen molar-refractivity contribution in [3.63, 3.8) is 0 Å². The fourth-order valence-electron chi connectivity index (χ4n) is 4.10. The van der Waals surface area contributed by atoms with Crippen molar-refractivity contribution in [1.82, 2.24) is 34.9 Å². The van der Waals surface area contributed by atoms with Crippen LogP contribution in [0, 0.1) is 0 Å². The molecule has 0 spiro atoms. The largest absolute Gasteiger partial charge is 0.420 e. The SMILES string of the molecule is C[C@H](Nc1ncnc(N)c1-c1nnc(C2CC2)o1)c1cc2cccc(Cl)c2c(=O)n1-c1cc[nH]n1. The van der Waals surface area contributed by atoms with Crippen molar-refractivity contribution in [3.05, 3.63) is 69.8 Å². The van der Waals surface area contributed by atoms with Crippen LogP contribution in [0.25, 0.3) is 28.0 Å². The van der Waals surface area contributed by atoms with Crippen molar-refractivity contribution < 1.29 is 4.42 Å². The molecular formula is C23H20ClN9O2. The van der Waals surface area contributed by atoms with Gasteiger partial charge in [0.05, 0.1) is 22.1 Å². The van der Waals surface area contributed by atoms with Gasteiger partial charge < -0.3 is 15.5 Å². The average Bonchev–Trinajstić information content (AvgIpc) is 3.33. The van der Waals surface area contributed by atoms with E-state index in [9.17, 15) is 4.79 Å². The molecule has 0 aliphatic heterocycles. The number of anilines is 2. The van der Waals surface area contributed by atoms with Gasteiger partial charge in [0, 0.05) is 18.2 Å². The van der Waals surface area contributed by atoms with E-state index in [1.807, 2.05) is 19.1 Å². The fraction of sp³-hybridized carbons (Fsp3) is 0.217. The Morgan fingerprint density at radius 2 is 2.11 bits per heavy atom. The highest BCUT2D eigenvalue weighted by Crippen LogP contribution is 2.41. The molecule has 0 radical (unpaired) electrons. The minimum Gasteiger partial charge on any atom is -0.420 e. The molecule has 1 aliphatic rings. The summed E-state index contributed by atoms with van der Waals surface area (Å²) in [6.45, 7) is 1.90. The van der Waals surface area contributed by atoms with E-state index < -0.39 is 6.04 Å². The first kappa shape index (κ1) is 21.3. The van der Waals surface area contributed by atoms with Gasteiger partial charge in [-0.1, -0.05) is 23.7 Å². The number of nitrogens with one attached hydrogen (secondary N) is 2. The Balaban J connectivity index is 1.46. The zero-order chi connectivity index (χ0) is 24.1. The summed E-state index contributed by atoms with van der Waals surface area (Å²) in [6, 6.07) is 8.55. The zero-order valence-electron chi connectivity index (χ0n) is 18.6. The number of nitrogen functional groups attached to an aromatic ring is 1. The number of nitrogens with two attached hydrogens (primary N) is 1. The van der Waals surface area contributed by atoms with Crippen LogP contribution in [0.2, 0.25) is 5.02 Å². The van der Waals surface area contributed by atoms with E-state index >= 15 is 0 Å². The van der Waals surface area contributed by atoms with Gasteiger partial charge in [0.2, 0.25) is 5.89 Å². The van der Waals surface area contributed by atoms with Crippen molar-refractivity contribution in [2.24, 2.45) is 0 Å². The average molecular weight is 490 g/mol. The Kier molecular flexibility index (Phi) is 4.99. The molecule has 1 atom stereocenters. The van der Waals surface area contributed by atoms with E-state index in [-0.39, 0.29) is 17.3 Å². The number of fused-ring (bicyclic) bond motifs is 1. The molecule has 0 saturated heterocycles. The third-order valence-electron chi connectivity index (χ3n) is 5.99. The molecule has 35 heavy (non-hydrogen) atoms. The van der Waals surface area contributed by atoms with Gasteiger partial charge in [0.1, 0.15) is 23.5 Å². The molecule has 5 aromatic rings. The number of rotatable bonds is 6. The first-order valence-electron chi connectivity index (χ1n) is 11.1. The Morgan fingerprint density at radius 1 is 1.26 bits per heavy atom. The molecule has 1 fully saturated rings. The topological polar surface area (TPSA) is 153 Å². The van der Waals surface area contributed by atoms with Crippen molar-refractivity contribution in [1.29, 1.82) is 0 Å². The van der Waals surface area contributed by atoms with Gasteiger partial charge in [-0.3, -0.25) is 14.5 Å². The summed E-state index contributed by atoms with van der Waals surface area (Å²) >= 11 is 6.38. The minimum atomic E-state index is -0.415. The van der Waals surface area contributed by atoms with Crippen molar-refractivity contribution >= 4 is 34.0 Å². The van der Waals surface area contributed by atoms with Crippen LogP contribution in [0.3, 0.4) is 0 Å². The molecule has 0 unspecified atom stereocenters. The number of aromatic amines is 1. The van der Waals surface area contributed by atoms with E-state index in [4.69, 9.17) is 21.8 Å². The molecule has 12 heteroatoms. The Hall–Kier alpha value is -4.25. The molecule has 0 bridgehead atoms. The van der Waals surface area contributed by atoms with Crippen LogP contribution in [0.1, 0.15) is 43.3 Å². The molecular weight excluding hydrogens is 470 g/mol. The Bertz CT molecular complexity index is 1610. The fourth-order valence-corrected chi connectivity index (χ4v) is 4.36. The predicted octanol–water partition coefficient (Wildman–Crippen LogP) is 3.84. The summed E-state index contributed by atoms with van der Waals surface area (Å²) < 4.78 is 7.39. The normalized spacial score (nSPS) is 14.3. The lowest BCUT2D eigenvalue weighted by Gasteiger charge is -2.21. The summed E-state index contributed by atoms with van der Waals surface area (Å²) in [5, 5.41) is 20.2. The third-order valence-corrected chi connectivity index (χ3v) is 6.31. The molecule has 4 heterocycles. The van der Waals surface area contributed by atoms with Gasteiger partial charge in [-0.25, -0.2) is 9.97 Å². The van der Waals surface area contributed by atoms with E-state index in [1.54, 1.807) is 24.4 Å². The summed E-state index contributed by atoms with van der Waals surface area (Å²) in [6.07, 6.45) is 5.06. The summed E-state index contributed by atoms with van der Waals surface area (Å²) in [5.74, 6) is 2.17. The number of pyridine rings is 1. The monoisotopic (exact) mass is 489 g/mol. The van der Waals surface area contributed by atoms with Gasteiger partial charge >= 0.3 is 0 Å². The highest BCUT2D eigenvalue weighted by molar-refractivity contribution is 6.35. The number of aromatic nitrogens is 7. The molecule has 0 amide bonds. The lowest BCUT2D eigenvalue weighted by Crippen LogP contribution is -2.26. The maximum atomic E-state index is 13.6. The van der Waals surface area contributed by atoms with E-state index in [0.29, 0.717) is 50.5 Å². The first-order valence-corrected chi connectivity index (χ1v) is 11.4. The van der Waals surface area contributed by atoms with Crippen LogP contribution >= 0.6 is 11.6 Å². The summed E-state index contributed by atoms with van der Waals surface area (Å²) in [7, 11) is 0. The maximum Gasteiger partial charge on any atom is 0.266 e. The molecule has 1 aliphatic carbocycles. The van der Waals surface area contributed by atoms with Crippen molar-refractivity contribution in [2.45, 2.75) is 31.7 Å². The van der Waals surface area contributed by atoms with E-state index in [1.165, 1.54) is 10.9 Å². The molecule has 11 nitrogen and oxygen atoms in total. The van der Waals surface area contributed by atoms with Crippen molar-refractivity contribution in [3.8, 4) is 17.3 Å². The summed E-state index contributed by atoms with van der Waals surface area (Å²) in [4.78, 5) is 22.0. The Labute approximate surface area is 203 Å². The number of H-pyrrole nitrogens is 1. The van der Waals surface area contributed by atoms with E-state index in [0.717, 1.165) is 12.8 Å². The molecule has 176 valence electrons. The van der Waals surface area contributed by atoms with Crippen LogP contribution in [0.15, 0.2) is 52.1 Å². The van der Waals surface area contributed by atoms with Gasteiger partial charge in [0.15, 0.2) is 5.82 Å². The van der Waals surface area contributed by atoms with Gasteiger partial charge in [0.25, 0.3) is 11.4 Å². The number of halogens is 1. The highest BCUT2D eigenvalue weighted by Gasteiger charge is 2.31. The molecule has 4 N–H and O–H groups in total. The quantitative estimate of drug-likeness (QED) is 0.322. The van der Waals surface area contributed by atoms with Crippen LogP contribution in [0.4, 0.5) is 11.6 Å².